The van der Waals surface area contributed by atoms with Crippen LogP contribution in [0.1, 0.15) is 0 Å². The van der Waals surface area contributed by atoms with Crippen LogP contribution in [0.2, 0.25) is 0 Å². The first-order chi connectivity index (χ1) is 2.41. The smallest absolute Gasteiger partial charge is 0.358 e. The molecule has 1 heteroatoms. The Morgan fingerprint density at radius 1 is 1.14 bits per heavy atom. The average molecular weight is 141 g/mol. The minimum atomic E-state index is 0. The van der Waals surface area contributed by atoms with E-state index in [4.69, 9.17) is 0 Å². The summed E-state index contributed by atoms with van der Waals surface area (Å²) in [5.74, 6) is 0. The van der Waals surface area contributed by atoms with Gasteiger partial charge < -0.3 is 7.43 Å². The van der Waals surface area contributed by atoms with Gasteiger partial charge in [0.15, 0.2) is 0 Å². The van der Waals surface area contributed by atoms with Crippen molar-refractivity contribution < 1.29 is 16.5 Å². The van der Waals surface area contributed by atoms with Gasteiger partial charge in [-0.15, -0.1) is 0 Å². The monoisotopic (exact) mass is 140 g/mol. The van der Waals surface area contributed by atoms with E-state index in [9.17, 15) is 0 Å². The standard InChI is InChI=1S/C5H7.CH3.Ni/c1-3-5-4-2;;/h3-5H,1-2H2;1H3;/q2*-1;+2. The second-order valence-corrected chi connectivity index (χ2v) is 0.664. The second-order valence-electron chi connectivity index (χ2n) is 0.664. The van der Waals surface area contributed by atoms with Crippen molar-refractivity contribution in [1.29, 1.82) is 0 Å². The summed E-state index contributed by atoms with van der Waals surface area (Å²) < 4.78 is 0. The average Bonchev–Trinajstić information content (AvgIpc) is 1.41. The molecule has 0 aromatic carbocycles. The molecule has 0 nitrogen and oxygen atoms in total. The summed E-state index contributed by atoms with van der Waals surface area (Å²) in [5, 5.41) is 0. The number of rotatable bonds is 2. The van der Waals surface area contributed by atoms with Crippen molar-refractivity contribution in [3.8, 4) is 0 Å². The van der Waals surface area contributed by atoms with Gasteiger partial charge in [-0.3, -0.25) is 0 Å². The van der Waals surface area contributed by atoms with E-state index >= 15 is 0 Å². The van der Waals surface area contributed by atoms with Gasteiger partial charge in [-0.2, -0.15) is 31.7 Å². The predicted molar refractivity (Wildman–Crippen MR) is 31.1 cm³/mol. The van der Waals surface area contributed by atoms with Gasteiger partial charge >= 0.3 is 16.5 Å². The van der Waals surface area contributed by atoms with Crippen LogP contribution >= 0.6 is 0 Å². The molecule has 0 saturated carbocycles. The fourth-order valence-electron chi connectivity index (χ4n) is 0.0962. The quantitative estimate of drug-likeness (QED) is 0.407. The first kappa shape index (κ1) is 15.8. The van der Waals surface area contributed by atoms with Crippen molar-refractivity contribution in [3.63, 3.8) is 0 Å². The van der Waals surface area contributed by atoms with Crippen molar-refractivity contribution >= 4 is 0 Å². The molecule has 0 aliphatic carbocycles. The Labute approximate surface area is 56.2 Å². The van der Waals surface area contributed by atoms with Gasteiger partial charge in [0.25, 0.3) is 0 Å². The first-order valence-corrected chi connectivity index (χ1v) is 1.48. The van der Waals surface area contributed by atoms with Crippen LogP contribution in [0.15, 0.2) is 25.3 Å². The zero-order chi connectivity index (χ0) is 4.12. The zero-order valence-electron chi connectivity index (χ0n) is 4.46. The van der Waals surface area contributed by atoms with E-state index in [1.54, 1.807) is 18.6 Å². The van der Waals surface area contributed by atoms with E-state index in [-0.39, 0.29) is 23.9 Å². The van der Waals surface area contributed by atoms with Crippen LogP contribution < -0.4 is 0 Å². The summed E-state index contributed by atoms with van der Waals surface area (Å²) in [6.07, 6.45) is 5.15. The molecule has 0 spiro atoms. The van der Waals surface area contributed by atoms with Crippen LogP contribution in [-0.4, -0.2) is 0 Å². The predicted octanol–water partition coefficient (Wildman–Crippen LogP) is 2.01. The Kier molecular flexibility index (Phi) is 38.3. The Balaban J connectivity index is -0.0000000800. The minimum Gasteiger partial charge on any atom is -0.358 e. The van der Waals surface area contributed by atoms with Crippen LogP contribution in [0.4, 0.5) is 0 Å². The topological polar surface area (TPSA) is 0 Å². The van der Waals surface area contributed by atoms with Gasteiger partial charge in [-0.05, 0) is 0 Å². The van der Waals surface area contributed by atoms with E-state index in [1.165, 1.54) is 0 Å². The summed E-state index contributed by atoms with van der Waals surface area (Å²) in [4.78, 5) is 0. The molecule has 0 unspecified atom stereocenters. The summed E-state index contributed by atoms with van der Waals surface area (Å²) in [6.45, 7) is 6.85. The molecular formula is C6H10Ni. The SMILES string of the molecule is C=C[CH-]C=C.[CH3-].[Ni+2]. The molecule has 44 valence electrons. The molecule has 0 heterocycles. The van der Waals surface area contributed by atoms with E-state index in [1.807, 2.05) is 0 Å². The molecule has 0 saturated heterocycles. The molecular weight excluding hydrogens is 131 g/mol. The van der Waals surface area contributed by atoms with Crippen molar-refractivity contribution in [2.24, 2.45) is 0 Å². The van der Waals surface area contributed by atoms with Crippen molar-refractivity contribution in [2.45, 2.75) is 0 Å². The number of allylic oxidation sites excluding steroid dienone is 2. The third kappa shape index (κ3) is 25.4. The minimum absolute atomic E-state index is 0. The van der Waals surface area contributed by atoms with Crippen LogP contribution in [-0.2, 0) is 16.5 Å². The Hall–Kier alpha value is -0.156. The second kappa shape index (κ2) is 17.0. The molecule has 0 radical (unpaired) electrons. The van der Waals surface area contributed by atoms with Gasteiger partial charge in [0.05, 0.1) is 0 Å². The fourth-order valence-corrected chi connectivity index (χ4v) is 0.0962. The summed E-state index contributed by atoms with van der Waals surface area (Å²) in [7, 11) is 0. The van der Waals surface area contributed by atoms with Gasteiger partial charge in [0.1, 0.15) is 0 Å². The summed E-state index contributed by atoms with van der Waals surface area (Å²) >= 11 is 0. The molecule has 0 bridgehead atoms. The Morgan fingerprint density at radius 2 is 1.43 bits per heavy atom. The van der Waals surface area contributed by atoms with Crippen molar-refractivity contribution in [2.75, 3.05) is 0 Å². The Bertz CT molecular complexity index is 33.4. The van der Waals surface area contributed by atoms with Crippen LogP contribution in [0.25, 0.3) is 0 Å². The fraction of sp³-hybridized carbons (Fsp3) is 0. The molecule has 0 rings (SSSR count). The maximum atomic E-state index is 3.42. The van der Waals surface area contributed by atoms with Gasteiger partial charge in [-0.25, -0.2) is 0 Å². The maximum Gasteiger partial charge on any atom is 2.00 e. The van der Waals surface area contributed by atoms with E-state index in [2.05, 4.69) is 13.2 Å². The van der Waals surface area contributed by atoms with Crippen molar-refractivity contribution in [3.05, 3.63) is 39.2 Å². The molecule has 0 atom stereocenters. The third-order valence-electron chi connectivity index (χ3n) is 0.272. The summed E-state index contributed by atoms with van der Waals surface area (Å²) in [6, 6.07) is 0. The number of hydrogen-bond acceptors (Lipinski definition) is 0. The summed E-state index contributed by atoms with van der Waals surface area (Å²) in [5.41, 5.74) is 0. The molecule has 0 aromatic rings. The normalized spacial score (nSPS) is 4.00. The molecule has 0 aromatic heterocycles. The van der Waals surface area contributed by atoms with E-state index < -0.39 is 0 Å². The number of hydrogen-bond donors (Lipinski definition) is 0. The zero-order valence-corrected chi connectivity index (χ0v) is 5.45. The first-order valence-electron chi connectivity index (χ1n) is 1.48. The maximum absolute atomic E-state index is 3.42. The van der Waals surface area contributed by atoms with Crippen LogP contribution in [0.3, 0.4) is 0 Å². The molecule has 0 aliphatic heterocycles. The van der Waals surface area contributed by atoms with E-state index in [0.717, 1.165) is 0 Å². The third-order valence-corrected chi connectivity index (χ3v) is 0.272. The van der Waals surface area contributed by atoms with Crippen LogP contribution in [0, 0.1) is 13.8 Å². The molecule has 7 heavy (non-hydrogen) atoms. The van der Waals surface area contributed by atoms with Crippen molar-refractivity contribution in [1.82, 2.24) is 0 Å². The van der Waals surface area contributed by atoms with E-state index in [0.29, 0.717) is 0 Å². The molecule has 0 N–H and O–H groups in total. The van der Waals surface area contributed by atoms with Gasteiger partial charge in [0.2, 0.25) is 0 Å². The molecule has 0 aliphatic rings. The van der Waals surface area contributed by atoms with Crippen LogP contribution in [0.5, 0.6) is 0 Å². The van der Waals surface area contributed by atoms with Gasteiger partial charge in [-0.1, -0.05) is 0 Å². The Morgan fingerprint density at radius 3 is 1.43 bits per heavy atom. The molecule has 0 amide bonds. The molecule has 0 fully saturated rings. The largest absolute Gasteiger partial charge is 2.00 e. The van der Waals surface area contributed by atoms with Gasteiger partial charge in [0, 0.05) is 0 Å².